The van der Waals surface area contributed by atoms with E-state index in [9.17, 15) is 4.79 Å². The van der Waals surface area contributed by atoms with Crippen LogP contribution in [0, 0.1) is 0 Å². The number of methoxy groups -OCH3 is 1. The number of aromatic nitrogens is 1. The number of nitrogens with one attached hydrogen (secondary N) is 2. The summed E-state index contributed by atoms with van der Waals surface area (Å²) in [6, 6.07) is 5.26. The number of H-pyrrole nitrogens is 1. The Morgan fingerprint density at radius 1 is 1.45 bits per heavy atom. The molecule has 1 aromatic heterocycles. The molecule has 0 bridgehead atoms. The van der Waals surface area contributed by atoms with Crippen molar-refractivity contribution in [3.05, 3.63) is 30.0 Å². The molecule has 2 aromatic rings. The molecule has 0 fully saturated rings. The standard InChI is InChI=1S/C15H21N5O2/c1-9(20-15(16)17)14(21)18-6-5-10-8-19-13-4-3-11(22-2)7-12(10)13/h3-4,7-9,19H,5-6H2,1-2H3,(H,18,21)(H4,16,17,20). The second-order valence-corrected chi connectivity index (χ2v) is 5.00. The van der Waals surface area contributed by atoms with Gasteiger partial charge < -0.3 is 26.5 Å². The average molecular weight is 303 g/mol. The number of hydrogen-bond acceptors (Lipinski definition) is 3. The SMILES string of the molecule is COc1ccc2[nH]cc(CCNC(=O)C(C)N=C(N)N)c2c1. The maximum Gasteiger partial charge on any atom is 0.244 e. The fourth-order valence-corrected chi connectivity index (χ4v) is 2.24. The van der Waals surface area contributed by atoms with Gasteiger partial charge in [-0.1, -0.05) is 0 Å². The lowest BCUT2D eigenvalue weighted by Crippen LogP contribution is -2.35. The third-order valence-corrected chi connectivity index (χ3v) is 3.39. The normalized spacial score (nSPS) is 11.9. The van der Waals surface area contributed by atoms with Crippen LogP contribution in [0.2, 0.25) is 0 Å². The van der Waals surface area contributed by atoms with E-state index in [1.54, 1.807) is 14.0 Å². The molecule has 1 heterocycles. The highest BCUT2D eigenvalue weighted by Gasteiger charge is 2.11. The number of benzene rings is 1. The summed E-state index contributed by atoms with van der Waals surface area (Å²) in [6.07, 6.45) is 2.64. The number of rotatable bonds is 6. The summed E-state index contributed by atoms with van der Waals surface area (Å²) in [6.45, 7) is 2.15. The van der Waals surface area contributed by atoms with Crippen LogP contribution in [-0.2, 0) is 11.2 Å². The zero-order chi connectivity index (χ0) is 16.1. The van der Waals surface area contributed by atoms with Crippen LogP contribution in [-0.4, -0.2) is 36.5 Å². The van der Waals surface area contributed by atoms with Gasteiger partial charge in [-0.15, -0.1) is 0 Å². The van der Waals surface area contributed by atoms with E-state index in [2.05, 4.69) is 15.3 Å². The summed E-state index contributed by atoms with van der Waals surface area (Å²) >= 11 is 0. The van der Waals surface area contributed by atoms with Crippen molar-refractivity contribution in [1.82, 2.24) is 10.3 Å². The molecule has 7 nitrogen and oxygen atoms in total. The van der Waals surface area contributed by atoms with Gasteiger partial charge >= 0.3 is 0 Å². The summed E-state index contributed by atoms with van der Waals surface area (Å²) in [5, 5.41) is 3.91. The molecular weight excluding hydrogens is 282 g/mol. The van der Waals surface area contributed by atoms with Crippen LogP contribution in [0.1, 0.15) is 12.5 Å². The van der Waals surface area contributed by atoms with Gasteiger partial charge in [-0.2, -0.15) is 0 Å². The summed E-state index contributed by atoms with van der Waals surface area (Å²) in [5.74, 6) is 0.510. The maximum atomic E-state index is 11.8. The fourth-order valence-electron chi connectivity index (χ4n) is 2.24. The summed E-state index contributed by atoms with van der Waals surface area (Å²) in [4.78, 5) is 18.8. The number of hydrogen-bond donors (Lipinski definition) is 4. The molecule has 0 saturated carbocycles. The van der Waals surface area contributed by atoms with E-state index in [0.717, 1.165) is 22.2 Å². The van der Waals surface area contributed by atoms with Crippen LogP contribution in [0.3, 0.4) is 0 Å². The van der Waals surface area contributed by atoms with Crippen LogP contribution in [0.15, 0.2) is 29.4 Å². The predicted molar refractivity (Wildman–Crippen MR) is 86.8 cm³/mol. The minimum absolute atomic E-state index is 0.0913. The Labute approximate surface area is 128 Å². The highest BCUT2D eigenvalue weighted by molar-refractivity contribution is 5.86. The number of fused-ring (bicyclic) bond motifs is 1. The quantitative estimate of drug-likeness (QED) is 0.459. The molecule has 0 aliphatic carbocycles. The lowest BCUT2D eigenvalue weighted by molar-refractivity contribution is -0.121. The first-order valence-corrected chi connectivity index (χ1v) is 7.01. The van der Waals surface area contributed by atoms with E-state index in [-0.39, 0.29) is 11.9 Å². The molecule has 0 spiro atoms. The molecule has 6 N–H and O–H groups in total. The van der Waals surface area contributed by atoms with Crippen LogP contribution in [0.4, 0.5) is 0 Å². The van der Waals surface area contributed by atoms with E-state index >= 15 is 0 Å². The van der Waals surface area contributed by atoms with Gasteiger partial charge in [0, 0.05) is 23.6 Å². The number of guanidine groups is 1. The van der Waals surface area contributed by atoms with Crippen molar-refractivity contribution in [1.29, 1.82) is 0 Å². The topological polar surface area (TPSA) is 119 Å². The average Bonchev–Trinajstić information content (AvgIpc) is 2.88. The third-order valence-electron chi connectivity index (χ3n) is 3.39. The molecule has 7 heteroatoms. The Morgan fingerprint density at radius 3 is 2.91 bits per heavy atom. The molecule has 2 rings (SSSR count). The Hall–Kier alpha value is -2.70. The van der Waals surface area contributed by atoms with Crippen molar-refractivity contribution in [3.8, 4) is 5.75 Å². The van der Waals surface area contributed by atoms with E-state index in [1.807, 2.05) is 24.4 Å². The van der Waals surface area contributed by atoms with E-state index < -0.39 is 6.04 Å². The molecule has 0 aliphatic heterocycles. The van der Waals surface area contributed by atoms with E-state index in [1.165, 1.54) is 0 Å². The number of aliphatic imine (C=N–C) groups is 1. The molecule has 0 aliphatic rings. The minimum Gasteiger partial charge on any atom is -0.497 e. The van der Waals surface area contributed by atoms with Gasteiger partial charge in [-0.3, -0.25) is 4.79 Å². The zero-order valence-electron chi connectivity index (χ0n) is 12.7. The van der Waals surface area contributed by atoms with Crippen molar-refractivity contribution in [3.63, 3.8) is 0 Å². The second kappa shape index (κ2) is 6.84. The van der Waals surface area contributed by atoms with Crippen LogP contribution in [0.5, 0.6) is 5.75 Å². The number of ether oxygens (including phenoxy) is 1. The number of nitrogens with two attached hydrogens (primary N) is 2. The number of amides is 1. The van der Waals surface area contributed by atoms with Crippen LogP contribution >= 0.6 is 0 Å². The van der Waals surface area contributed by atoms with Gasteiger partial charge in [0.05, 0.1) is 7.11 Å². The molecule has 1 aromatic carbocycles. The van der Waals surface area contributed by atoms with Crippen LogP contribution < -0.4 is 21.5 Å². The van der Waals surface area contributed by atoms with E-state index in [0.29, 0.717) is 13.0 Å². The molecular formula is C15H21N5O2. The molecule has 22 heavy (non-hydrogen) atoms. The molecule has 1 atom stereocenters. The fraction of sp³-hybridized carbons (Fsp3) is 0.333. The number of carbonyl (C=O) groups excluding carboxylic acids is 1. The number of carbonyl (C=O) groups is 1. The Bertz CT molecular complexity index is 688. The molecule has 118 valence electrons. The van der Waals surface area contributed by atoms with Gasteiger partial charge in [0.25, 0.3) is 0 Å². The maximum absolute atomic E-state index is 11.8. The summed E-state index contributed by atoms with van der Waals surface area (Å²) in [7, 11) is 1.64. The minimum atomic E-state index is -0.590. The lowest BCUT2D eigenvalue weighted by Gasteiger charge is -2.08. The van der Waals surface area contributed by atoms with Crippen molar-refractivity contribution in [2.45, 2.75) is 19.4 Å². The summed E-state index contributed by atoms with van der Waals surface area (Å²) in [5.41, 5.74) is 12.7. The Morgan fingerprint density at radius 2 is 2.23 bits per heavy atom. The van der Waals surface area contributed by atoms with Crippen molar-refractivity contribution in [2.75, 3.05) is 13.7 Å². The van der Waals surface area contributed by atoms with Crippen LogP contribution in [0.25, 0.3) is 10.9 Å². The molecule has 0 saturated heterocycles. The second-order valence-electron chi connectivity index (χ2n) is 5.00. The van der Waals surface area contributed by atoms with E-state index in [4.69, 9.17) is 16.2 Å². The number of nitrogens with zero attached hydrogens (tertiary/aromatic N) is 1. The first-order valence-electron chi connectivity index (χ1n) is 7.01. The Kier molecular flexibility index (Phi) is 4.88. The smallest absolute Gasteiger partial charge is 0.244 e. The summed E-state index contributed by atoms with van der Waals surface area (Å²) < 4.78 is 5.24. The monoisotopic (exact) mass is 303 g/mol. The molecule has 0 radical (unpaired) electrons. The Balaban J connectivity index is 1.97. The van der Waals surface area contributed by atoms with Gasteiger partial charge in [0.15, 0.2) is 5.96 Å². The largest absolute Gasteiger partial charge is 0.497 e. The van der Waals surface area contributed by atoms with Crippen molar-refractivity contribution in [2.24, 2.45) is 16.5 Å². The van der Waals surface area contributed by atoms with Crippen molar-refractivity contribution >= 4 is 22.8 Å². The zero-order valence-corrected chi connectivity index (χ0v) is 12.7. The predicted octanol–water partition coefficient (Wildman–Crippen LogP) is 0.497. The van der Waals surface area contributed by atoms with Crippen molar-refractivity contribution < 1.29 is 9.53 Å². The molecule has 1 amide bonds. The lowest BCUT2D eigenvalue weighted by atomic mass is 10.1. The first kappa shape index (κ1) is 15.7. The molecule has 1 unspecified atom stereocenters. The highest BCUT2D eigenvalue weighted by Crippen LogP contribution is 2.23. The number of aromatic amines is 1. The van der Waals surface area contributed by atoms with Gasteiger partial charge in [-0.25, -0.2) is 4.99 Å². The third kappa shape index (κ3) is 3.69. The van der Waals surface area contributed by atoms with Gasteiger partial charge in [0.1, 0.15) is 11.8 Å². The first-order chi connectivity index (χ1) is 10.5. The van der Waals surface area contributed by atoms with Gasteiger partial charge in [0.2, 0.25) is 5.91 Å². The van der Waals surface area contributed by atoms with Gasteiger partial charge in [-0.05, 0) is 37.1 Å². The highest BCUT2D eigenvalue weighted by atomic mass is 16.5.